The zero-order valence-corrected chi connectivity index (χ0v) is 10.8. The number of carbonyl (C=O) groups excluding carboxylic acids is 6. The van der Waals surface area contributed by atoms with Crippen molar-refractivity contribution in [3.8, 4) is 0 Å². The van der Waals surface area contributed by atoms with Crippen molar-refractivity contribution in [1.82, 2.24) is 31.9 Å². The SMILES string of the molecule is NC(=O)NC1NC(=O)NC1=O.NC(=O)NC1NC(=O)NC1=O. The number of hydrogen-bond acceptors (Lipinski definition) is 6. The Hall–Kier alpha value is -3.58. The maximum atomic E-state index is 10.7. The summed E-state index contributed by atoms with van der Waals surface area (Å²) >= 11 is 0. The zero-order chi connectivity index (χ0) is 16.9. The quantitative estimate of drug-likeness (QED) is 0.234. The number of hydrogen-bond donors (Lipinski definition) is 8. The number of amides is 10. The second-order valence-corrected chi connectivity index (χ2v) is 3.81. The molecule has 2 aliphatic heterocycles. The van der Waals surface area contributed by atoms with Crippen LogP contribution < -0.4 is 43.4 Å². The van der Waals surface area contributed by atoms with Gasteiger partial charge in [-0.15, -0.1) is 0 Å². The molecule has 0 aliphatic carbocycles. The van der Waals surface area contributed by atoms with Gasteiger partial charge in [0.15, 0.2) is 12.3 Å². The summed E-state index contributed by atoms with van der Waals surface area (Å²) < 4.78 is 0. The van der Waals surface area contributed by atoms with Gasteiger partial charge in [0.05, 0.1) is 0 Å². The average molecular weight is 316 g/mol. The first-order valence-corrected chi connectivity index (χ1v) is 5.53. The van der Waals surface area contributed by atoms with Crippen LogP contribution in [0.4, 0.5) is 19.2 Å². The molecule has 14 nitrogen and oxygen atoms in total. The average Bonchev–Trinajstić information content (AvgIpc) is 2.81. The summed E-state index contributed by atoms with van der Waals surface area (Å²) in [5.74, 6) is -1.23. The molecule has 2 aliphatic rings. The molecule has 0 radical (unpaired) electrons. The molecular formula is C8H12N8O6. The second kappa shape index (κ2) is 6.73. The molecule has 0 saturated carbocycles. The van der Waals surface area contributed by atoms with Crippen molar-refractivity contribution in [3.05, 3.63) is 0 Å². The highest BCUT2D eigenvalue weighted by Crippen LogP contribution is 1.87. The third-order valence-electron chi connectivity index (χ3n) is 2.12. The molecule has 2 rings (SSSR count). The number of carbonyl (C=O) groups is 6. The predicted molar refractivity (Wildman–Crippen MR) is 66.4 cm³/mol. The number of nitrogens with one attached hydrogen (secondary N) is 6. The van der Waals surface area contributed by atoms with Crippen molar-refractivity contribution in [2.24, 2.45) is 11.5 Å². The maximum absolute atomic E-state index is 10.7. The van der Waals surface area contributed by atoms with Gasteiger partial charge < -0.3 is 32.7 Å². The monoisotopic (exact) mass is 316 g/mol. The minimum atomic E-state index is -1.04. The molecule has 22 heavy (non-hydrogen) atoms. The molecule has 2 fully saturated rings. The summed E-state index contributed by atoms with van der Waals surface area (Å²) in [7, 11) is 0. The molecule has 2 atom stereocenters. The van der Waals surface area contributed by atoms with Crippen LogP contribution in [0.3, 0.4) is 0 Å². The van der Waals surface area contributed by atoms with Crippen LogP contribution in [0.5, 0.6) is 0 Å². The lowest BCUT2D eigenvalue weighted by Gasteiger charge is -2.05. The Labute approximate surface area is 121 Å². The molecule has 0 spiro atoms. The van der Waals surface area contributed by atoms with Gasteiger partial charge in [-0.05, 0) is 0 Å². The summed E-state index contributed by atoms with van der Waals surface area (Å²) in [4.78, 5) is 62.5. The summed E-state index contributed by atoms with van der Waals surface area (Å²) in [6.07, 6.45) is -2.08. The lowest BCUT2D eigenvalue weighted by Crippen LogP contribution is -2.48. The first kappa shape index (κ1) is 16.5. The van der Waals surface area contributed by atoms with Crippen LogP contribution in [0.2, 0.25) is 0 Å². The molecule has 2 saturated heterocycles. The Morgan fingerprint density at radius 1 is 0.773 bits per heavy atom. The van der Waals surface area contributed by atoms with E-state index in [1.807, 2.05) is 21.3 Å². The van der Waals surface area contributed by atoms with Gasteiger partial charge >= 0.3 is 24.1 Å². The van der Waals surface area contributed by atoms with Crippen molar-refractivity contribution in [3.63, 3.8) is 0 Å². The molecule has 2 unspecified atom stereocenters. The van der Waals surface area contributed by atoms with E-state index in [9.17, 15) is 28.8 Å². The largest absolute Gasteiger partial charge is 0.352 e. The highest BCUT2D eigenvalue weighted by molar-refractivity contribution is 6.05. The zero-order valence-electron chi connectivity index (χ0n) is 10.8. The predicted octanol–water partition coefficient (Wildman–Crippen LogP) is -4.36. The molecular weight excluding hydrogens is 304 g/mol. The van der Waals surface area contributed by atoms with Crippen LogP contribution in [-0.4, -0.2) is 48.3 Å². The molecule has 10 amide bonds. The summed E-state index contributed by atoms with van der Waals surface area (Å²) in [5, 5.41) is 12.1. The van der Waals surface area contributed by atoms with Crippen LogP contribution in [0, 0.1) is 0 Å². The minimum Gasteiger partial charge on any atom is -0.352 e. The van der Waals surface area contributed by atoms with E-state index in [2.05, 4.69) is 10.6 Å². The molecule has 10 N–H and O–H groups in total. The standard InChI is InChI=1S/2C4H6N4O3/c2*5-3(10)6-1-2(9)8-4(11)7-1/h2*1H,(H3,5,6,10)(H2,7,8,9,11). The molecule has 0 aromatic carbocycles. The number of imide groups is 2. The lowest BCUT2D eigenvalue weighted by atomic mass is 10.5. The van der Waals surface area contributed by atoms with Crippen LogP contribution >= 0.6 is 0 Å². The van der Waals surface area contributed by atoms with Crippen LogP contribution in [0.1, 0.15) is 0 Å². The normalized spacial score (nSPS) is 22.4. The lowest BCUT2D eigenvalue weighted by molar-refractivity contribution is -0.121. The third kappa shape index (κ3) is 4.83. The first-order chi connectivity index (χ1) is 10.2. The van der Waals surface area contributed by atoms with Gasteiger partial charge in [-0.2, -0.15) is 0 Å². The van der Waals surface area contributed by atoms with E-state index in [1.54, 1.807) is 0 Å². The number of rotatable bonds is 2. The van der Waals surface area contributed by atoms with Crippen LogP contribution in [0.25, 0.3) is 0 Å². The van der Waals surface area contributed by atoms with E-state index in [1.165, 1.54) is 0 Å². The molecule has 0 aromatic heterocycles. The van der Waals surface area contributed by atoms with Gasteiger partial charge in [-0.3, -0.25) is 20.2 Å². The van der Waals surface area contributed by atoms with Crippen molar-refractivity contribution < 1.29 is 28.8 Å². The third-order valence-corrected chi connectivity index (χ3v) is 2.12. The van der Waals surface area contributed by atoms with E-state index in [-0.39, 0.29) is 0 Å². The number of nitrogens with two attached hydrogens (primary N) is 2. The first-order valence-electron chi connectivity index (χ1n) is 5.53. The molecule has 2 heterocycles. The Balaban J connectivity index is 0.000000220. The summed E-state index contributed by atoms with van der Waals surface area (Å²) in [6, 6.07) is -3.03. The van der Waals surface area contributed by atoms with Gasteiger partial charge in [0.2, 0.25) is 0 Å². The van der Waals surface area contributed by atoms with Crippen molar-refractivity contribution in [2.45, 2.75) is 12.3 Å². The fourth-order valence-electron chi connectivity index (χ4n) is 1.32. The van der Waals surface area contributed by atoms with Crippen LogP contribution in [-0.2, 0) is 9.59 Å². The molecule has 0 bridgehead atoms. The molecule has 0 aromatic rings. The van der Waals surface area contributed by atoms with E-state index in [0.717, 1.165) is 0 Å². The smallest absolute Gasteiger partial charge is 0.323 e. The Morgan fingerprint density at radius 2 is 1.09 bits per heavy atom. The Kier molecular flexibility index (Phi) is 5.04. The fraction of sp³-hybridized carbons (Fsp3) is 0.250. The number of primary amides is 2. The summed E-state index contributed by atoms with van der Waals surface area (Å²) in [5.41, 5.74) is 9.40. The van der Waals surface area contributed by atoms with Gasteiger partial charge in [-0.1, -0.05) is 0 Å². The highest BCUT2D eigenvalue weighted by Gasteiger charge is 2.30. The number of urea groups is 4. The van der Waals surface area contributed by atoms with Gasteiger partial charge in [0.1, 0.15) is 0 Å². The van der Waals surface area contributed by atoms with Crippen molar-refractivity contribution in [1.29, 1.82) is 0 Å². The van der Waals surface area contributed by atoms with E-state index >= 15 is 0 Å². The Morgan fingerprint density at radius 3 is 1.27 bits per heavy atom. The van der Waals surface area contributed by atoms with E-state index in [4.69, 9.17) is 11.5 Å². The van der Waals surface area contributed by atoms with Gasteiger partial charge in [-0.25, -0.2) is 19.2 Å². The van der Waals surface area contributed by atoms with Gasteiger partial charge in [0, 0.05) is 0 Å². The van der Waals surface area contributed by atoms with Crippen molar-refractivity contribution >= 4 is 35.9 Å². The Bertz CT molecular complexity index is 499. The van der Waals surface area contributed by atoms with E-state index < -0.39 is 48.3 Å². The highest BCUT2D eigenvalue weighted by atomic mass is 16.2. The van der Waals surface area contributed by atoms with Crippen LogP contribution in [0.15, 0.2) is 0 Å². The summed E-state index contributed by atoms with van der Waals surface area (Å²) in [6.45, 7) is 0. The van der Waals surface area contributed by atoms with Crippen molar-refractivity contribution in [2.75, 3.05) is 0 Å². The van der Waals surface area contributed by atoms with Gasteiger partial charge in [0.25, 0.3) is 11.8 Å². The molecule has 120 valence electrons. The maximum Gasteiger partial charge on any atom is 0.323 e. The topological polar surface area (TPSA) is 227 Å². The minimum absolute atomic E-state index is 0.617. The fourth-order valence-corrected chi connectivity index (χ4v) is 1.32. The molecule has 14 heteroatoms. The van der Waals surface area contributed by atoms with E-state index in [0.29, 0.717) is 0 Å². The second-order valence-electron chi connectivity index (χ2n) is 3.81.